The third-order valence-electron chi connectivity index (χ3n) is 7.95. The van der Waals surface area contributed by atoms with Gasteiger partial charge < -0.3 is 51.2 Å². The molecule has 1 aromatic carbocycles. The largest absolute Gasteiger partial charge is 0.481 e. The Balaban J connectivity index is 1.10. The summed E-state index contributed by atoms with van der Waals surface area (Å²) in [5, 5.41) is 43.1. The van der Waals surface area contributed by atoms with E-state index in [1.807, 2.05) is 0 Å². The van der Waals surface area contributed by atoms with Crippen molar-refractivity contribution in [3.8, 4) is 11.4 Å². The third-order valence-corrected chi connectivity index (χ3v) is 10.8. The molecule has 274 valence electrons. The van der Waals surface area contributed by atoms with Crippen LogP contribution in [0.25, 0.3) is 22.6 Å². The predicted molar refractivity (Wildman–Crippen MR) is 170 cm³/mol. The number of hydrogen-bond acceptors (Lipinski definition) is 16. The lowest BCUT2D eigenvalue weighted by Crippen LogP contribution is -2.46. The number of carbonyl (C=O) groups excluding carboxylic acids is 1. The summed E-state index contributed by atoms with van der Waals surface area (Å²) in [7, 11) is -10.9. The van der Waals surface area contributed by atoms with Crippen molar-refractivity contribution in [2.45, 2.75) is 49.1 Å². The Morgan fingerprint density at radius 1 is 0.941 bits per heavy atom. The summed E-state index contributed by atoms with van der Waals surface area (Å²) in [6.45, 7) is -1.86. The van der Waals surface area contributed by atoms with Gasteiger partial charge in [0.2, 0.25) is 0 Å². The number of phosphoric acid groups is 2. The molecule has 0 saturated carbocycles. The van der Waals surface area contributed by atoms with Gasteiger partial charge in [0.05, 0.1) is 13.2 Å². The summed E-state index contributed by atoms with van der Waals surface area (Å²) in [5.74, 6) is -0.573. The van der Waals surface area contributed by atoms with Gasteiger partial charge in [-0.2, -0.15) is 8.88 Å². The van der Waals surface area contributed by atoms with E-state index in [0.717, 1.165) is 6.33 Å². The van der Waals surface area contributed by atoms with Crippen LogP contribution < -0.4 is 16.0 Å². The number of hydrogen-bond donors (Lipinski definition) is 8. The highest BCUT2D eigenvalue weighted by molar-refractivity contribution is 7.61. The first kappa shape index (κ1) is 37.3. The molecule has 0 bridgehead atoms. The highest BCUT2D eigenvalue weighted by Crippen LogP contribution is 2.60. The van der Waals surface area contributed by atoms with Gasteiger partial charge in [0, 0.05) is 16.7 Å². The molecule has 10 atom stereocenters. The Labute approximate surface area is 291 Å². The standard InChI is InChI=1S/C27H30ClN7O14P2/c28-14-5-3-12(4-6-14)24-33-17-22(29)31-11-32-25(17)35(24)27-21(39)19(37)16(48-27)10-46-51(43,44)49-50(41,42)45-9-15-18(36)20(38)26(47-15)34-7-1-2-13(8-34)23(30)40/h1-8,11,15-16,18-21,26-27,36-39H,9-10H2,(H5-,29,30,31,32,40,41,42,43,44)/p+1/t15-,16-,18-,19-,20-,21-,26-,27-/m1/s1. The molecular weight excluding hydrogens is 744 g/mol. The first-order chi connectivity index (χ1) is 24.0. The molecule has 0 radical (unpaired) electrons. The van der Waals surface area contributed by atoms with E-state index in [-0.39, 0.29) is 28.4 Å². The van der Waals surface area contributed by atoms with E-state index in [9.17, 15) is 44.1 Å². The Morgan fingerprint density at radius 2 is 1.57 bits per heavy atom. The average Bonchev–Trinajstić information content (AvgIpc) is 3.70. The molecular formula is C27H31ClN7O14P2+. The smallest absolute Gasteiger partial charge is 0.387 e. The van der Waals surface area contributed by atoms with Crippen LogP contribution in [0.15, 0.2) is 55.1 Å². The van der Waals surface area contributed by atoms with Gasteiger partial charge in [0.25, 0.3) is 12.1 Å². The number of benzene rings is 1. The predicted octanol–water partition coefficient (Wildman–Crippen LogP) is -0.696. The third kappa shape index (κ3) is 7.82. The van der Waals surface area contributed by atoms with Crippen LogP contribution in [0.5, 0.6) is 0 Å². The second-order valence-corrected chi connectivity index (χ2v) is 14.8. The zero-order chi connectivity index (χ0) is 36.8. The van der Waals surface area contributed by atoms with E-state index in [4.69, 9.17) is 41.6 Å². The minimum Gasteiger partial charge on any atom is -0.387 e. The summed E-state index contributed by atoms with van der Waals surface area (Å²) >= 11 is 6.03. The van der Waals surface area contributed by atoms with Crippen molar-refractivity contribution in [3.63, 3.8) is 0 Å². The van der Waals surface area contributed by atoms with E-state index in [2.05, 4.69) is 19.3 Å². The highest BCUT2D eigenvalue weighted by Gasteiger charge is 2.50. The van der Waals surface area contributed by atoms with Crippen molar-refractivity contribution < 1.29 is 71.5 Å². The number of fused-ring (bicyclic) bond motifs is 1. The zero-order valence-electron chi connectivity index (χ0n) is 25.8. The number of imidazole rings is 1. The summed E-state index contributed by atoms with van der Waals surface area (Å²) in [6, 6.07) is 9.26. The Bertz CT molecular complexity index is 2030. The molecule has 10 N–H and O–H groups in total. The van der Waals surface area contributed by atoms with Crippen LogP contribution in [0.1, 0.15) is 22.8 Å². The number of nitrogens with zero attached hydrogens (tertiary/aromatic N) is 5. The first-order valence-corrected chi connectivity index (χ1v) is 18.2. The molecule has 24 heteroatoms. The van der Waals surface area contributed by atoms with Crippen LogP contribution in [-0.4, -0.2) is 105 Å². The van der Waals surface area contributed by atoms with Gasteiger partial charge in [-0.25, -0.2) is 24.1 Å². The normalized spacial score (nSPS) is 28.8. The number of nitrogen functional groups attached to an aromatic ring is 1. The summed E-state index contributed by atoms with van der Waals surface area (Å²) in [4.78, 5) is 44.5. The molecule has 2 unspecified atom stereocenters. The van der Waals surface area contributed by atoms with E-state index in [1.165, 1.54) is 33.7 Å². The van der Waals surface area contributed by atoms with Crippen LogP contribution >= 0.6 is 27.2 Å². The number of anilines is 1. The Morgan fingerprint density at radius 3 is 2.22 bits per heavy atom. The fourth-order valence-electron chi connectivity index (χ4n) is 5.47. The number of amides is 1. The molecule has 6 rings (SSSR count). The first-order valence-electron chi connectivity index (χ1n) is 14.8. The maximum Gasteiger partial charge on any atom is 0.481 e. The molecule has 3 aromatic heterocycles. The second-order valence-electron chi connectivity index (χ2n) is 11.4. The van der Waals surface area contributed by atoms with Crippen LogP contribution in [0.3, 0.4) is 0 Å². The fourth-order valence-corrected chi connectivity index (χ4v) is 7.69. The number of primary amides is 1. The number of aliphatic hydroxyl groups is 4. The zero-order valence-corrected chi connectivity index (χ0v) is 28.4. The number of aliphatic hydroxyl groups excluding tert-OH is 4. The average molecular weight is 775 g/mol. The lowest BCUT2D eigenvalue weighted by Gasteiger charge is -2.20. The summed E-state index contributed by atoms with van der Waals surface area (Å²) < 4.78 is 53.1. The number of carbonyl (C=O) groups is 1. The maximum atomic E-state index is 12.7. The molecule has 51 heavy (non-hydrogen) atoms. The molecule has 4 aromatic rings. The number of aromatic nitrogens is 5. The number of phosphoric ester groups is 2. The van der Waals surface area contributed by atoms with Gasteiger partial charge in [-0.15, -0.1) is 0 Å². The monoisotopic (exact) mass is 774 g/mol. The molecule has 2 aliphatic heterocycles. The van der Waals surface area contributed by atoms with E-state index in [0.29, 0.717) is 10.6 Å². The molecule has 0 spiro atoms. The van der Waals surface area contributed by atoms with Gasteiger partial charge in [0.1, 0.15) is 48.2 Å². The Hall–Kier alpha value is -3.50. The Kier molecular flexibility index (Phi) is 10.6. The van der Waals surface area contributed by atoms with E-state index in [1.54, 1.807) is 24.3 Å². The summed E-state index contributed by atoms with van der Waals surface area (Å²) in [6.07, 6.45) is -8.51. The van der Waals surface area contributed by atoms with Gasteiger partial charge >= 0.3 is 15.6 Å². The fraction of sp³-hybridized carbons (Fsp3) is 0.370. The molecule has 2 fully saturated rings. The van der Waals surface area contributed by atoms with Crippen molar-refractivity contribution in [2.24, 2.45) is 5.73 Å². The molecule has 2 aliphatic rings. The quantitative estimate of drug-likeness (QED) is 0.0652. The maximum absolute atomic E-state index is 12.7. The lowest BCUT2D eigenvalue weighted by atomic mass is 10.1. The molecule has 5 heterocycles. The van der Waals surface area contributed by atoms with Crippen molar-refractivity contribution in [1.82, 2.24) is 19.5 Å². The lowest BCUT2D eigenvalue weighted by molar-refractivity contribution is -0.765. The van der Waals surface area contributed by atoms with Crippen molar-refractivity contribution in [3.05, 3.63) is 65.7 Å². The van der Waals surface area contributed by atoms with Crippen LogP contribution in [0.4, 0.5) is 5.82 Å². The number of ether oxygens (including phenoxy) is 2. The number of rotatable bonds is 12. The number of nitrogens with two attached hydrogens (primary N) is 2. The van der Waals surface area contributed by atoms with Gasteiger partial charge in [-0.1, -0.05) is 11.6 Å². The highest BCUT2D eigenvalue weighted by atomic mass is 35.5. The molecule has 2 saturated heterocycles. The van der Waals surface area contributed by atoms with Gasteiger partial charge in [0.15, 0.2) is 41.7 Å². The molecule has 1 amide bonds. The number of pyridine rings is 1. The molecule has 0 aliphatic carbocycles. The number of halogens is 1. The topological polar surface area (TPSA) is 318 Å². The van der Waals surface area contributed by atoms with Crippen molar-refractivity contribution in [2.75, 3.05) is 18.9 Å². The minimum absolute atomic E-state index is 0.00905. The van der Waals surface area contributed by atoms with Crippen molar-refractivity contribution in [1.29, 1.82) is 0 Å². The van der Waals surface area contributed by atoms with Crippen molar-refractivity contribution >= 4 is 50.1 Å². The summed E-state index contributed by atoms with van der Waals surface area (Å²) in [5.41, 5.74) is 12.1. The molecule has 21 nitrogen and oxygen atoms in total. The van der Waals surface area contributed by atoms with Gasteiger partial charge in [-0.05, 0) is 30.3 Å². The van der Waals surface area contributed by atoms with Gasteiger partial charge in [-0.3, -0.25) is 18.4 Å². The minimum atomic E-state index is -5.44. The SMILES string of the molecule is NC(=O)c1ccc[n+]([C@@H]2O[C@H](COP(=O)(O)OP(=O)(O)OC[C@H]3O[C@@H](n4c(-c5ccc(Cl)cc5)nc5c(N)ncnc54)[C@H](O)[C@@H]3O)[C@@H](O)[C@H]2O)c1. The van der Waals surface area contributed by atoms with Crippen LogP contribution in [-0.2, 0) is 32.0 Å². The van der Waals surface area contributed by atoms with Crippen LogP contribution in [0, 0.1) is 0 Å². The second kappa shape index (κ2) is 14.5. The van der Waals surface area contributed by atoms with Crippen LogP contribution in [0.2, 0.25) is 5.02 Å². The van der Waals surface area contributed by atoms with E-state index >= 15 is 0 Å². The van der Waals surface area contributed by atoms with E-state index < -0.39 is 83.8 Å².